The minimum atomic E-state index is 1.17. The maximum atomic E-state index is 2.40. The van der Waals surface area contributed by atoms with Crippen molar-refractivity contribution in [1.82, 2.24) is 9.13 Å². The second-order valence-electron chi connectivity index (χ2n) is 14.3. The zero-order valence-electron chi connectivity index (χ0n) is 30.9. The van der Waals surface area contributed by atoms with Crippen molar-refractivity contribution >= 4 is 0 Å². The van der Waals surface area contributed by atoms with Gasteiger partial charge in [-0.2, -0.15) is 0 Å². The molecule has 52 heavy (non-hydrogen) atoms. The third-order valence-electron chi connectivity index (χ3n) is 10.3. The number of rotatable bonds is 7. The zero-order valence-corrected chi connectivity index (χ0v) is 30.9. The first-order valence-electron chi connectivity index (χ1n) is 18.2. The van der Waals surface area contributed by atoms with Gasteiger partial charge < -0.3 is 9.13 Å². The summed E-state index contributed by atoms with van der Waals surface area (Å²) in [6, 6.07) is 58.3. The molecule has 0 saturated carbocycles. The van der Waals surface area contributed by atoms with E-state index in [2.05, 4.69) is 208 Å². The third-order valence-corrected chi connectivity index (χ3v) is 10.3. The molecular weight excluding hydrogens is 629 g/mol. The van der Waals surface area contributed by atoms with Crippen LogP contribution in [0.5, 0.6) is 0 Å². The maximum absolute atomic E-state index is 2.40. The van der Waals surface area contributed by atoms with Gasteiger partial charge in [-0.15, -0.1) is 0 Å². The Balaban J connectivity index is 1.26. The predicted octanol–water partition coefficient (Wildman–Crippen LogP) is 13.5. The normalized spacial score (nSPS) is 11.3. The summed E-state index contributed by atoms with van der Waals surface area (Å²) in [4.78, 5) is 0. The van der Waals surface area contributed by atoms with E-state index in [4.69, 9.17) is 0 Å². The number of aromatic nitrogens is 2. The Labute approximate surface area is 308 Å². The lowest BCUT2D eigenvalue weighted by Gasteiger charge is -2.16. The van der Waals surface area contributed by atoms with Gasteiger partial charge in [0.25, 0.3) is 0 Å². The molecule has 8 aromatic rings. The molecule has 0 aliphatic carbocycles. The first-order valence-corrected chi connectivity index (χ1v) is 18.2. The van der Waals surface area contributed by atoms with Gasteiger partial charge in [0.2, 0.25) is 0 Å². The molecule has 0 amide bonds. The summed E-state index contributed by atoms with van der Waals surface area (Å²) in [5.41, 5.74) is 21.9. The van der Waals surface area contributed by atoms with Crippen LogP contribution in [0.2, 0.25) is 0 Å². The average Bonchev–Trinajstić information content (AvgIpc) is 3.69. The minimum absolute atomic E-state index is 1.17. The summed E-state index contributed by atoms with van der Waals surface area (Å²) in [7, 11) is 0. The summed E-state index contributed by atoms with van der Waals surface area (Å²) in [6.07, 6.45) is 0. The van der Waals surface area contributed by atoms with Gasteiger partial charge in [-0.25, -0.2) is 0 Å². The molecule has 254 valence electrons. The molecule has 8 rings (SSSR count). The Hall–Kier alpha value is -6.12. The number of hydrogen-bond acceptors (Lipinski definition) is 0. The summed E-state index contributed by atoms with van der Waals surface area (Å²) in [6.45, 7) is 13.0. The molecule has 0 bridgehead atoms. The molecule has 2 nitrogen and oxygen atoms in total. The second-order valence-corrected chi connectivity index (χ2v) is 14.3. The van der Waals surface area contributed by atoms with Crippen LogP contribution in [0.3, 0.4) is 0 Å². The van der Waals surface area contributed by atoms with Crippen LogP contribution in [0.1, 0.15) is 33.6 Å². The van der Waals surface area contributed by atoms with E-state index in [0.29, 0.717) is 0 Å². The van der Waals surface area contributed by atoms with E-state index < -0.39 is 0 Å². The number of aryl methyl sites for hydroxylation is 6. The van der Waals surface area contributed by atoms with Crippen LogP contribution < -0.4 is 0 Å². The van der Waals surface area contributed by atoms with Gasteiger partial charge in [0.1, 0.15) is 0 Å². The fraction of sp³-hybridized carbons (Fsp3) is 0.120. The van der Waals surface area contributed by atoms with E-state index in [1.54, 1.807) is 0 Å². The van der Waals surface area contributed by atoms with Crippen LogP contribution in [-0.4, -0.2) is 9.13 Å². The smallest absolute Gasteiger partial charge is 0.0609 e. The number of nitrogens with zero attached hydrogens (tertiary/aromatic N) is 2. The Morgan fingerprint density at radius 3 is 0.942 bits per heavy atom. The minimum Gasteiger partial charge on any atom is -0.313 e. The van der Waals surface area contributed by atoms with E-state index in [0.717, 1.165) is 0 Å². The highest BCUT2D eigenvalue weighted by Gasteiger charge is 2.20. The quantitative estimate of drug-likeness (QED) is 0.159. The van der Waals surface area contributed by atoms with Crippen molar-refractivity contribution in [2.75, 3.05) is 0 Å². The van der Waals surface area contributed by atoms with Gasteiger partial charge in [0.15, 0.2) is 0 Å². The first-order chi connectivity index (χ1) is 25.2. The lowest BCUT2D eigenvalue weighted by Crippen LogP contribution is -2.00. The third kappa shape index (κ3) is 6.22. The van der Waals surface area contributed by atoms with E-state index in [-0.39, 0.29) is 0 Å². The van der Waals surface area contributed by atoms with Crippen LogP contribution in [-0.2, 0) is 0 Å². The van der Waals surface area contributed by atoms with Gasteiger partial charge in [-0.3, -0.25) is 0 Å². The van der Waals surface area contributed by atoms with Crippen molar-refractivity contribution in [3.63, 3.8) is 0 Å². The topological polar surface area (TPSA) is 9.86 Å². The zero-order chi connectivity index (χ0) is 35.9. The average molecular weight is 673 g/mol. The molecule has 0 fully saturated rings. The largest absolute Gasteiger partial charge is 0.313 e. The standard InChI is InChI=1S/C50H44N2/c1-33-13-21-39(22-14-33)49-47(29-37(5)51(49)45-25-17-35(3)18-26-45)43-11-7-9-41(31-43)42-10-8-12-44(32-42)48-30-38(6)52(46-27-19-36(4)20-28-46)50(48)40-23-15-34(2)16-24-40/h7-32H,1-6H3. The summed E-state index contributed by atoms with van der Waals surface area (Å²) in [5.74, 6) is 0. The lowest BCUT2D eigenvalue weighted by molar-refractivity contribution is 1.02. The Bertz CT molecular complexity index is 2340. The molecule has 0 radical (unpaired) electrons. The fourth-order valence-corrected chi connectivity index (χ4v) is 7.50. The van der Waals surface area contributed by atoms with Gasteiger partial charge in [-0.05, 0) is 123 Å². The van der Waals surface area contributed by atoms with Gasteiger partial charge in [-0.1, -0.05) is 131 Å². The molecule has 2 aromatic heterocycles. The molecule has 2 heterocycles. The summed E-state index contributed by atoms with van der Waals surface area (Å²) < 4.78 is 4.81. The highest BCUT2D eigenvalue weighted by molar-refractivity contribution is 5.88. The number of hydrogen-bond donors (Lipinski definition) is 0. The number of benzene rings is 6. The van der Waals surface area contributed by atoms with Crippen molar-refractivity contribution in [2.24, 2.45) is 0 Å². The van der Waals surface area contributed by atoms with E-state index in [9.17, 15) is 0 Å². The molecule has 0 spiro atoms. The Kier molecular flexibility index (Phi) is 8.61. The van der Waals surface area contributed by atoms with Crippen molar-refractivity contribution in [3.05, 3.63) is 191 Å². The molecule has 0 N–H and O–H groups in total. The fourth-order valence-electron chi connectivity index (χ4n) is 7.50. The Morgan fingerprint density at radius 1 is 0.288 bits per heavy atom. The van der Waals surface area contributed by atoms with Crippen molar-refractivity contribution in [2.45, 2.75) is 41.5 Å². The van der Waals surface area contributed by atoms with Gasteiger partial charge in [0, 0.05) is 33.9 Å². The Morgan fingerprint density at radius 2 is 0.596 bits per heavy atom. The SMILES string of the molecule is Cc1ccc(-c2c(-c3cccc(-c4cccc(-c5cc(C)n(-c6ccc(C)cc6)c5-c5ccc(C)cc5)c4)c3)cc(C)n2-c2ccc(C)cc2)cc1. The van der Waals surface area contributed by atoms with Crippen LogP contribution in [0.4, 0.5) is 0 Å². The highest BCUT2D eigenvalue weighted by Crippen LogP contribution is 2.41. The van der Waals surface area contributed by atoms with Crippen molar-refractivity contribution < 1.29 is 0 Å². The van der Waals surface area contributed by atoms with Crippen LogP contribution in [0.25, 0.3) is 67.3 Å². The highest BCUT2D eigenvalue weighted by atomic mass is 15.0. The van der Waals surface area contributed by atoms with E-state index in [1.807, 2.05) is 0 Å². The van der Waals surface area contributed by atoms with Crippen LogP contribution in [0, 0.1) is 41.5 Å². The summed E-state index contributed by atoms with van der Waals surface area (Å²) >= 11 is 0. The summed E-state index contributed by atoms with van der Waals surface area (Å²) in [5, 5.41) is 0. The molecule has 0 saturated heterocycles. The molecule has 0 aliphatic heterocycles. The molecule has 0 aliphatic rings. The molecule has 2 heteroatoms. The van der Waals surface area contributed by atoms with Gasteiger partial charge >= 0.3 is 0 Å². The molecule has 0 unspecified atom stereocenters. The molecule has 6 aromatic carbocycles. The van der Waals surface area contributed by atoms with Gasteiger partial charge in [0.05, 0.1) is 11.4 Å². The van der Waals surface area contributed by atoms with Crippen molar-refractivity contribution in [3.8, 4) is 67.3 Å². The lowest BCUT2D eigenvalue weighted by atomic mass is 9.94. The predicted molar refractivity (Wildman–Crippen MR) is 221 cm³/mol. The first kappa shape index (κ1) is 33.0. The van der Waals surface area contributed by atoms with Crippen molar-refractivity contribution in [1.29, 1.82) is 0 Å². The maximum Gasteiger partial charge on any atom is 0.0609 e. The van der Waals surface area contributed by atoms with Crippen LogP contribution >= 0.6 is 0 Å². The van der Waals surface area contributed by atoms with Crippen LogP contribution in [0.15, 0.2) is 158 Å². The van der Waals surface area contributed by atoms with E-state index in [1.165, 1.54) is 101 Å². The van der Waals surface area contributed by atoms with E-state index >= 15 is 0 Å². The monoisotopic (exact) mass is 672 g/mol. The molecular formula is C50H44N2. The molecule has 0 atom stereocenters. The second kappa shape index (κ2) is 13.5.